The first-order valence-corrected chi connectivity index (χ1v) is 11.6. The molecule has 2 aromatic rings. The van der Waals surface area contributed by atoms with Crippen LogP contribution in [0.2, 0.25) is 0 Å². The molecule has 0 amide bonds. The molecule has 9 heteroatoms. The van der Waals surface area contributed by atoms with Crippen LogP contribution in [0.4, 0.5) is 27.5 Å². The Kier molecular flexibility index (Phi) is 6.01. The van der Waals surface area contributed by atoms with Crippen molar-refractivity contribution in [3.8, 4) is 0 Å². The van der Waals surface area contributed by atoms with Gasteiger partial charge in [0.2, 0.25) is 5.95 Å². The molecule has 1 saturated heterocycles. The van der Waals surface area contributed by atoms with Gasteiger partial charge in [0.05, 0.1) is 18.0 Å². The fourth-order valence-electron chi connectivity index (χ4n) is 5.05. The molecule has 1 aromatic heterocycles. The summed E-state index contributed by atoms with van der Waals surface area (Å²) in [5.41, 5.74) is 1.41. The Bertz CT molecular complexity index is 930. The molecule has 0 bridgehead atoms. The fraction of sp³-hybridized carbons (Fsp3) is 0.565. The van der Waals surface area contributed by atoms with Crippen molar-refractivity contribution in [3.63, 3.8) is 0 Å². The molecule has 8 nitrogen and oxygen atoms in total. The summed E-state index contributed by atoms with van der Waals surface area (Å²) < 4.78 is 14.5. The second-order valence-corrected chi connectivity index (χ2v) is 9.05. The lowest BCUT2D eigenvalue weighted by Gasteiger charge is -2.39. The number of hydrogen-bond donors (Lipinski definition) is 4. The van der Waals surface area contributed by atoms with Crippen molar-refractivity contribution >= 4 is 23.1 Å². The van der Waals surface area contributed by atoms with Crippen LogP contribution in [0.5, 0.6) is 0 Å². The summed E-state index contributed by atoms with van der Waals surface area (Å²) in [4.78, 5) is 13.9. The smallest absolute Gasteiger partial charge is 0.224 e. The number of fused-ring (bicyclic) bond motifs is 1. The standard InChI is InChI=1S/C23H32FN7O/c1-30-20-14-26-22(27-15-6-8-17(32)9-7-15)29-21(20)31(16-10-12-25-13-11-16)23(30)28-19-5-3-2-4-18(19)24/h2-5,14-17,23,25,28,32H,6-13H2,1H3,(H,26,27,29). The zero-order chi connectivity index (χ0) is 22.1. The molecule has 1 unspecified atom stereocenters. The van der Waals surface area contributed by atoms with Gasteiger partial charge in [-0.15, -0.1) is 0 Å². The zero-order valence-corrected chi connectivity index (χ0v) is 18.5. The molecule has 2 aliphatic heterocycles. The number of piperidine rings is 1. The summed E-state index contributed by atoms with van der Waals surface area (Å²) in [5, 5.41) is 20.1. The van der Waals surface area contributed by atoms with E-state index in [9.17, 15) is 9.50 Å². The van der Waals surface area contributed by atoms with E-state index in [1.807, 2.05) is 19.3 Å². The predicted molar refractivity (Wildman–Crippen MR) is 125 cm³/mol. The molecular formula is C23H32FN7O. The quantitative estimate of drug-likeness (QED) is 0.563. The van der Waals surface area contributed by atoms with Gasteiger partial charge in [0.15, 0.2) is 12.1 Å². The zero-order valence-electron chi connectivity index (χ0n) is 18.5. The van der Waals surface area contributed by atoms with E-state index in [1.165, 1.54) is 6.07 Å². The summed E-state index contributed by atoms with van der Waals surface area (Å²) in [6.07, 6.45) is 6.85. The minimum Gasteiger partial charge on any atom is -0.393 e. The van der Waals surface area contributed by atoms with Crippen LogP contribution in [-0.2, 0) is 0 Å². The molecule has 3 aliphatic rings. The third-order valence-corrected chi connectivity index (χ3v) is 6.90. The molecule has 4 N–H and O–H groups in total. The van der Waals surface area contributed by atoms with E-state index in [0.717, 1.165) is 63.1 Å². The van der Waals surface area contributed by atoms with Crippen molar-refractivity contribution in [1.29, 1.82) is 0 Å². The van der Waals surface area contributed by atoms with Crippen molar-refractivity contribution in [2.45, 2.75) is 63.0 Å². The first-order chi connectivity index (χ1) is 15.6. The van der Waals surface area contributed by atoms with Gasteiger partial charge in [0, 0.05) is 19.1 Å². The summed E-state index contributed by atoms with van der Waals surface area (Å²) in [5.74, 6) is 1.22. The first kappa shape index (κ1) is 21.2. The molecule has 5 rings (SSSR count). The van der Waals surface area contributed by atoms with Crippen LogP contribution in [0.1, 0.15) is 38.5 Å². The largest absolute Gasteiger partial charge is 0.393 e. The van der Waals surface area contributed by atoms with Crippen LogP contribution in [0.15, 0.2) is 30.5 Å². The lowest BCUT2D eigenvalue weighted by molar-refractivity contribution is 0.126. The monoisotopic (exact) mass is 441 g/mol. The number of aliphatic hydroxyl groups excluding tert-OH is 1. The van der Waals surface area contributed by atoms with Gasteiger partial charge in [0.25, 0.3) is 0 Å². The number of aliphatic hydroxyl groups is 1. The number of rotatable bonds is 5. The number of halogens is 1. The maximum Gasteiger partial charge on any atom is 0.224 e. The Labute approximate surface area is 188 Å². The summed E-state index contributed by atoms with van der Waals surface area (Å²) in [7, 11) is 2.00. The predicted octanol–water partition coefficient (Wildman–Crippen LogP) is 2.73. The van der Waals surface area contributed by atoms with Crippen LogP contribution in [-0.4, -0.2) is 59.7 Å². The lowest BCUT2D eigenvalue weighted by atomic mass is 9.93. The van der Waals surface area contributed by atoms with Crippen LogP contribution in [0, 0.1) is 5.82 Å². The molecule has 1 atom stereocenters. The maximum absolute atomic E-state index is 14.5. The van der Waals surface area contributed by atoms with Crippen molar-refractivity contribution < 1.29 is 9.50 Å². The van der Waals surface area contributed by atoms with Crippen LogP contribution in [0.3, 0.4) is 0 Å². The molecule has 0 spiro atoms. The Morgan fingerprint density at radius 3 is 2.56 bits per heavy atom. The van der Waals surface area contributed by atoms with E-state index in [-0.39, 0.29) is 30.3 Å². The minimum absolute atomic E-state index is 0.191. The van der Waals surface area contributed by atoms with Gasteiger partial charge in [-0.2, -0.15) is 4.98 Å². The molecule has 1 saturated carbocycles. The molecule has 3 heterocycles. The first-order valence-electron chi connectivity index (χ1n) is 11.6. The molecule has 32 heavy (non-hydrogen) atoms. The van der Waals surface area contributed by atoms with E-state index in [2.05, 4.69) is 30.7 Å². The fourth-order valence-corrected chi connectivity index (χ4v) is 5.05. The van der Waals surface area contributed by atoms with Gasteiger partial charge in [-0.3, -0.25) is 0 Å². The van der Waals surface area contributed by atoms with Crippen molar-refractivity contribution in [2.75, 3.05) is 40.6 Å². The van der Waals surface area contributed by atoms with Gasteiger partial charge >= 0.3 is 0 Å². The summed E-state index contributed by atoms with van der Waals surface area (Å²) in [6, 6.07) is 7.34. The van der Waals surface area contributed by atoms with Gasteiger partial charge in [-0.1, -0.05) is 12.1 Å². The van der Waals surface area contributed by atoms with Crippen LogP contribution < -0.4 is 25.8 Å². The average Bonchev–Trinajstić information content (AvgIpc) is 3.08. The highest BCUT2D eigenvalue weighted by Crippen LogP contribution is 2.40. The van der Waals surface area contributed by atoms with Crippen molar-refractivity contribution in [1.82, 2.24) is 15.3 Å². The van der Waals surface area contributed by atoms with Crippen LogP contribution >= 0.6 is 0 Å². The van der Waals surface area contributed by atoms with E-state index in [4.69, 9.17) is 4.98 Å². The Morgan fingerprint density at radius 1 is 1.06 bits per heavy atom. The molecule has 172 valence electrons. The van der Waals surface area contributed by atoms with Gasteiger partial charge < -0.3 is 30.9 Å². The highest BCUT2D eigenvalue weighted by atomic mass is 19.1. The number of anilines is 4. The van der Waals surface area contributed by atoms with Gasteiger partial charge in [-0.05, 0) is 63.7 Å². The van der Waals surface area contributed by atoms with E-state index >= 15 is 0 Å². The molecule has 1 aromatic carbocycles. The summed E-state index contributed by atoms with van der Waals surface area (Å²) >= 11 is 0. The third-order valence-electron chi connectivity index (χ3n) is 6.90. The number of hydrogen-bond acceptors (Lipinski definition) is 8. The number of para-hydroxylation sites is 1. The van der Waals surface area contributed by atoms with Gasteiger partial charge in [-0.25, -0.2) is 9.37 Å². The van der Waals surface area contributed by atoms with E-state index in [1.54, 1.807) is 12.1 Å². The van der Waals surface area contributed by atoms with Crippen molar-refractivity contribution in [3.05, 3.63) is 36.3 Å². The molecule has 1 aliphatic carbocycles. The molecule has 2 fully saturated rings. The van der Waals surface area contributed by atoms with Crippen molar-refractivity contribution in [2.24, 2.45) is 0 Å². The Hall–Kier alpha value is -2.65. The Morgan fingerprint density at radius 2 is 1.81 bits per heavy atom. The third kappa shape index (κ3) is 4.19. The SMILES string of the molecule is CN1c2cnc(NC3CCC(O)CC3)nc2N(C2CCNCC2)C1Nc1ccccc1F. The second-order valence-electron chi connectivity index (χ2n) is 9.05. The van der Waals surface area contributed by atoms with Gasteiger partial charge in [0.1, 0.15) is 11.5 Å². The number of aromatic nitrogens is 2. The van der Waals surface area contributed by atoms with E-state index < -0.39 is 0 Å². The molecule has 0 radical (unpaired) electrons. The summed E-state index contributed by atoms with van der Waals surface area (Å²) in [6.45, 7) is 1.90. The highest BCUT2D eigenvalue weighted by Gasteiger charge is 2.40. The van der Waals surface area contributed by atoms with Crippen LogP contribution in [0.25, 0.3) is 0 Å². The topological polar surface area (TPSA) is 88.6 Å². The highest BCUT2D eigenvalue weighted by molar-refractivity contribution is 5.76. The average molecular weight is 442 g/mol. The lowest BCUT2D eigenvalue weighted by Crippen LogP contribution is -2.54. The van der Waals surface area contributed by atoms with E-state index in [0.29, 0.717) is 11.6 Å². The number of nitrogens with one attached hydrogen (secondary N) is 3. The minimum atomic E-state index is -0.268. The Balaban J connectivity index is 1.43. The number of benzene rings is 1. The number of nitrogens with zero attached hydrogens (tertiary/aromatic N) is 4. The second kappa shape index (κ2) is 9.07. The normalized spacial score (nSPS) is 26.2. The molecular weight excluding hydrogens is 409 g/mol. The maximum atomic E-state index is 14.5.